The molecule has 0 amide bonds. The third kappa shape index (κ3) is 3.41. The fourth-order valence-electron chi connectivity index (χ4n) is 3.08. The zero-order chi connectivity index (χ0) is 17.2. The van der Waals surface area contributed by atoms with Crippen LogP contribution in [0.1, 0.15) is 35.4 Å². The quantitative estimate of drug-likeness (QED) is 0.764. The highest BCUT2D eigenvalue weighted by molar-refractivity contribution is 7.15. The summed E-state index contributed by atoms with van der Waals surface area (Å²) < 4.78 is 0. The number of hydrogen-bond donors (Lipinski definition) is 1. The summed E-state index contributed by atoms with van der Waals surface area (Å²) in [6.45, 7) is 4.80. The molecule has 0 radical (unpaired) electrons. The van der Waals surface area contributed by atoms with Crippen molar-refractivity contribution in [1.29, 1.82) is 0 Å². The zero-order valence-corrected chi connectivity index (χ0v) is 14.9. The molecule has 1 saturated heterocycles. The van der Waals surface area contributed by atoms with E-state index >= 15 is 0 Å². The van der Waals surface area contributed by atoms with Crippen molar-refractivity contribution in [3.05, 3.63) is 41.2 Å². The van der Waals surface area contributed by atoms with Crippen LogP contribution < -0.4 is 10.2 Å². The van der Waals surface area contributed by atoms with Crippen LogP contribution in [0.15, 0.2) is 24.7 Å². The maximum atomic E-state index is 4.67. The molecule has 1 aliphatic heterocycles. The lowest BCUT2D eigenvalue weighted by molar-refractivity contribution is 0.680. The van der Waals surface area contributed by atoms with E-state index in [0.29, 0.717) is 0 Å². The van der Waals surface area contributed by atoms with E-state index in [1.54, 1.807) is 12.5 Å². The molecule has 25 heavy (non-hydrogen) atoms. The van der Waals surface area contributed by atoms with Crippen molar-refractivity contribution in [3.8, 4) is 0 Å². The number of nitrogens with one attached hydrogen (secondary N) is 1. The van der Waals surface area contributed by atoms with Crippen molar-refractivity contribution < 1.29 is 0 Å². The van der Waals surface area contributed by atoms with Crippen LogP contribution in [0, 0.1) is 13.8 Å². The van der Waals surface area contributed by atoms with Crippen LogP contribution in [-0.2, 0) is 0 Å². The number of aryl methyl sites for hydroxylation is 2. The van der Waals surface area contributed by atoms with Gasteiger partial charge < -0.3 is 10.2 Å². The summed E-state index contributed by atoms with van der Waals surface area (Å²) in [6, 6.07) is 4.12. The number of hydrogen-bond acceptors (Lipinski definition) is 9. The largest absolute Gasteiger partial charge is 0.348 e. The average Bonchev–Trinajstić information content (AvgIpc) is 3.24. The Morgan fingerprint density at radius 3 is 2.92 bits per heavy atom. The van der Waals surface area contributed by atoms with E-state index in [2.05, 4.69) is 40.3 Å². The number of rotatable bonds is 4. The van der Waals surface area contributed by atoms with E-state index in [4.69, 9.17) is 0 Å². The minimum absolute atomic E-state index is 0.188. The second kappa shape index (κ2) is 6.67. The molecule has 4 rings (SSSR count). The first kappa shape index (κ1) is 15.8. The molecule has 1 fully saturated rings. The van der Waals surface area contributed by atoms with E-state index in [1.165, 1.54) is 11.3 Å². The van der Waals surface area contributed by atoms with Gasteiger partial charge in [-0.15, -0.1) is 10.2 Å². The molecule has 0 unspecified atom stereocenters. The predicted molar refractivity (Wildman–Crippen MR) is 96.1 cm³/mol. The van der Waals surface area contributed by atoms with Crippen molar-refractivity contribution in [2.45, 2.75) is 32.7 Å². The minimum Gasteiger partial charge on any atom is -0.348 e. The van der Waals surface area contributed by atoms with E-state index < -0.39 is 0 Å². The first-order valence-electron chi connectivity index (χ1n) is 8.14. The van der Waals surface area contributed by atoms with Gasteiger partial charge in [0, 0.05) is 18.8 Å². The Morgan fingerprint density at radius 1 is 1.24 bits per heavy atom. The van der Waals surface area contributed by atoms with Gasteiger partial charge in [0.1, 0.15) is 28.8 Å². The summed E-state index contributed by atoms with van der Waals surface area (Å²) in [5.74, 6) is 2.41. The van der Waals surface area contributed by atoms with Crippen molar-refractivity contribution in [2.24, 2.45) is 0 Å². The summed E-state index contributed by atoms with van der Waals surface area (Å²) in [5, 5.41) is 13.0. The van der Waals surface area contributed by atoms with E-state index in [1.807, 2.05) is 26.0 Å². The van der Waals surface area contributed by atoms with Crippen LogP contribution >= 0.6 is 11.3 Å². The van der Waals surface area contributed by atoms with Gasteiger partial charge in [0.05, 0.1) is 11.7 Å². The highest BCUT2D eigenvalue weighted by Gasteiger charge is 2.28. The van der Waals surface area contributed by atoms with Gasteiger partial charge in [-0.2, -0.15) is 0 Å². The molecule has 8 nitrogen and oxygen atoms in total. The van der Waals surface area contributed by atoms with E-state index in [9.17, 15) is 0 Å². The van der Waals surface area contributed by atoms with Gasteiger partial charge in [0.25, 0.3) is 0 Å². The van der Waals surface area contributed by atoms with Crippen LogP contribution in [0.25, 0.3) is 0 Å². The second-order valence-corrected chi connectivity index (χ2v) is 7.08. The van der Waals surface area contributed by atoms with Gasteiger partial charge in [-0.25, -0.2) is 19.9 Å². The molecule has 128 valence electrons. The molecule has 3 aromatic rings. The lowest BCUT2D eigenvalue weighted by atomic mass is 10.1. The molecule has 0 spiro atoms. The topological polar surface area (TPSA) is 92.6 Å². The second-order valence-electron chi connectivity index (χ2n) is 5.90. The summed E-state index contributed by atoms with van der Waals surface area (Å²) >= 11 is 1.50. The molecule has 3 aromatic heterocycles. The highest BCUT2D eigenvalue weighted by atomic mass is 32.1. The third-order valence-electron chi connectivity index (χ3n) is 4.07. The maximum absolute atomic E-state index is 4.67. The Bertz CT molecular complexity index is 866. The fourth-order valence-corrected chi connectivity index (χ4v) is 3.68. The first-order chi connectivity index (χ1) is 12.2. The molecule has 0 saturated carbocycles. The van der Waals surface area contributed by atoms with Crippen LogP contribution in [0.5, 0.6) is 0 Å². The fraction of sp³-hybridized carbons (Fsp3) is 0.375. The van der Waals surface area contributed by atoms with Gasteiger partial charge in [0.2, 0.25) is 5.13 Å². The van der Waals surface area contributed by atoms with Crippen LogP contribution in [0.3, 0.4) is 0 Å². The lowest BCUT2D eigenvalue weighted by Gasteiger charge is -2.25. The normalized spacial score (nSPS) is 17.0. The summed E-state index contributed by atoms with van der Waals surface area (Å²) in [7, 11) is 0. The summed E-state index contributed by atoms with van der Waals surface area (Å²) in [4.78, 5) is 19.8. The SMILES string of the molecule is Cc1nc(Nc2nnc(C)s2)cc([C@H]2CCCN2c2ccncn2)n1. The highest BCUT2D eigenvalue weighted by Crippen LogP contribution is 2.35. The van der Waals surface area contributed by atoms with E-state index in [0.717, 1.165) is 52.7 Å². The Morgan fingerprint density at radius 2 is 2.16 bits per heavy atom. The molecule has 9 heteroatoms. The van der Waals surface area contributed by atoms with Crippen LogP contribution in [0.2, 0.25) is 0 Å². The molecule has 0 aromatic carbocycles. The first-order valence-corrected chi connectivity index (χ1v) is 8.96. The molecule has 1 aliphatic rings. The standard InChI is InChI=1S/C16H18N8S/c1-10-19-12(8-14(20-10)21-16-23-22-11(2)25-16)13-4-3-7-24(13)15-5-6-17-9-18-15/h5-6,8-9,13H,3-4,7H2,1-2H3,(H,19,20,21,23)/t13-/m1/s1. The molecule has 0 bridgehead atoms. The Kier molecular flexibility index (Phi) is 4.22. The van der Waals surface area contributed by atoms with Crippen LogP contribution in [0.4, 0.5) is 16.8 Å². The smallest absolute Gasteiger partial charge is 0.211 e. The molecular formula is C16H18N8S. The summed E-state index contributed by atoms with van der Waals surface area (Å²) in [5.41, 5.74) is 0.993. The number of anilines is 3. The zero-order valence-electron chi connectivity index (χ0n) is 14.0. The lowest BCUT2D eigenvalue weighted by Crippen LogP contribution is -2.24. The van der Waals surface area contributed by atoms with Crippen LogP contribution in [-0.4, -0.2) is 36.7 Å². The van der Waals surface area contributed by atoms with Crippen molar-refractivity contribution in [1.82, 2.24) is 30.1 Å². The molecule has 0 aliphatic carbocycles. The molecular weight excluding hydrogens is 336 g/mol. The minimum atomic E-state index is 0.188. The predicted octanol–water partition coefficient (Wildman–Crippen LogP) is 2.82. The average molecular weight is 354 g/mol. The van der Waals surface area contributed by atoms with E-state index in [-0.39, 0.29) is 6.04 Å². The van der Waals surface area contributed by atoms with Gasteiger partial charge >= 0.3 is 0 Å². The Balaban J connectivity index is 1.63. The maximum Gasteiger partial charge on any atom is 0.211 e. The number of nitrogens with zero attached hydrogens (tertiary/aromatic N) is 7. The monoisotopic (exact) mass is 354 g/mol. The van der Waals surface area contributed by atoms with Gasteiger partial charge in [-0.1, -0.05) is 11.3 Å². The third-order valence-corrected chi connectivity index (χ3v) is 4.83. The Hall–Kier alpha value is -2.68. The van der Waals surface area contributed by atoms with Crippen molar-refractivity contribution in [2.75, 3.05) is 16.8 Å². The van der Waals surface area contributed by atoms with Crippen molar-refractivity contribution >= 4 is 28.1 Å². The van der Waals surface area contributed by atoms with Gasteiger partial charge in [0.15, 0.2) is 0 Å². The molecule has 1 N–H and O–H groups in total. The summed E-state index contributed by atoms with van der Waals surface area (Å²) in [6.07, 6.45) is 5.50. The van der Waals surface area contributed by atoms with Gasteiger partial charge in [-0.3, -0.25) is 0 Å². The number of aromatic nitrogens is 6. The van der Waals surface area contributed by atoms with Gasteiger partial charge in [-0.05, 0) is 32.8 Å². The molecule has 4 heterocycles. The molecule has 1 atom stereocenters. The Labute approximate surface area is 149 Å². The van der Waals surface area contributed by atoms with Crippen molar-refractivity contribution in [3.63, 3.8) is 0 Å².